The molecular formula is C7H9N3O. The van der Waals surface area contributed by atoms with Crippen LogP contribution in [0.5, 0.6) is 0 Å². The number of hydrogen-bond donors (Lipinski definition) is 1. The van der Waals surface area contributed by atoms with Crippen LogP contribution in [0.2, 0.25) is 0 Å². The maximum Gasteiger partial charge on any atom is 0.287 e. The molecule has 1 amide bonds. The Morgan fingerprint density at radius 2 is 2.55 bits per heavy atom. The molecule has 0 aromatic carbocycles. The highest BCUT2D eigenvalue weighted by atomic mass is 16.2. The van der Waals surface area contributed by atoms with Gasteiger partial charge in [0.2, 0.25) is 0 Å². The van der Waals surface area contributed by atoms with Crippen molar-refractivity contribution in [3.05, 3.63) is 18.2 Å². The van der Waals surface area contributed by atoms with Crippen LogP contribution in [-0.4, -0.2) is 22.0 Å². The van der Waals surface area contributed by atoms with Crippen LogP contribution in [0.25, 0.3) is 0 Å². The number of fused-ring (bicyclic) bond motifs is 1. The molecule has 0 spiro atoms. The predicted molar refractivity (Wildman–Crippen MR) is 39.2 cm³/mol. The Kier molecular flexibility index (Phi) is 1.38. The monoisotopic (exact) mass is 151 g/mol. The summed E-state index contributed by atoms with van der Waals surface area (Å²) in [5.74, 6) is 0.468. The van der Waals surface area contributed by atoms with Crippen molar-refractivity contribution in [1.82, 2.24) is 14.9 Å². The molecule has 2 heterocycles. The van der Waals surface area contributed by atoms with E-state index in [9.17, 15) is 4.79 Å². The Balaban J connectivity index is 2.41. The van der Waals surface area contributed by atoms with Gasteiger partial charge in [-0.25, -0.2) is 4.98 Å². The van der Waals surface area contributed by atoms with Crippen molar-refractivity contribution in [2.45, 2.75) is 13.0 Å². The number of carbonyl (C=O) groups is 1. The Hall–Kier alpha value is -1.32. The number of rotatable bonds is 0. The van der Waals surface area contributed by atoms with Gasteiger partial charge in [-0.15, -0.1) is 0 Å². The molecule has 11 heavy (non-hydrogen) atoms. The molecule has 58 valence electrons. The molecular weight excluding hydrogens is 142 g/mol. The number of imidazole rings is 1. The maximum absolute atomic E-state index is 11.2. The third-order valence-electron chi connectivity index (χ3n) is 1.78. The van der Waals surface area contributed by atoms with Gasteiger partial charge in [0.1, 0.15) is 0 Å². The molecule has 0 radical (unpaired) electrons. The zero-order valence-corrected chi connectivity index (χ0v) is 6.08. The highest BCUT2D eigenvalue weighted by Crippen LogP contribution is 2.02. The second kappa shape index (κ2) is 2.38. The first-order valence-electron chi connectivity index (χ1n) is 3.67. The van der Waals surface area contributed by atoms with E-state index >= 15 is 0 Å². The first-order valence-corrected chi connectivity index (χ1v) is 3.67. The van der Waals surface area contributed by atoms with Crippen molar-refractivity contribution in [2.24, 2.45) is 0 Å². The van der Waals surface area contributed by atoms with Gasteiger partial charge in [-0.3, -0.25) is 4.79 Å². The van der Waals surface area contributed by atoms with Crippen LogP contribution in [0, 0.1) is 0 Å². The average molecular weight is 151 g/mol. The minimum atomic E-state index is -0.0625. The van der Waals surface area contributed by atoms with Crippen molar-refractivity contribution in [3.8, 4) is 0 Å². The number of amides is 1. The van der Waals surface area contributed by atoms with E-state index in [0.29, 0.717) is 5.82 Å². The van der Waals surface area contributed by atoms with Gasteiger partial charge < -0.3 is 9.88 Å². The molecule has 4 heteroatoms. The molecule has 1 aromatic heterocycles. The number of nitrogens with zero attached hydrogens (tertiary/aromatic N) is 2. The fourth-order valence-electron chi connectivity index (χ4n) is 1.23. The van der Waals surface area contributed by atoms with Crippen LogP contribution in [0.15, 0.2) is 12.4 Å². The molecule has 0 bridgehead atoms. The molecule has 2 rings (SSSR count). The number of aryl methyl sites for hydroxylation is 1. The van der Waals surface area contributed by atoms with Crippen LogP contribution >= 0.6 is 0 Å². The van der Waals surface area contributed by atoms with Crippen LogP contribution in [0.4, 0.5) is 0 Å². The fourth-order valence-corrected chi connectivity index (χ4v) is 1.23. The number of aromatic nitrogens is 2. The zero-order valence-electron chi connectivity index (χ0n) is 6.08. The van der Waals surface area contributed by atoms with Crippen LogP contribution in [-0.2, 0) is 6.54 Å². The summed E-state index contributed by atoms with van der Waals surface area (Å²) in [6.07, 6.45) is 4.47. The molecule has 1 N–H and O–H groups in total. The molecule has 0 saturated heterocycles. The summed E-state index contributed by atoms with van der Waals surface area (Å²) in [4.78, 5) is 15.1. The van der Waals surface area contributed by atoms with E-state index in [0.717, 1.165) is 19.5 Å². The molecule has 1 aliphatic rings. The second-order valence-electron chi connectivity index (χ2n) is 2.55. The van der Waals surface area contributed by atoms with E-state index in [2.05, 4.69) is 10.3 Å². The molecule has 0 saturated carbocycles. The number of nitrogens with one attached hydrogen (secondary N) is 1. The van der Waals surface area contributed by atoms with Gasteiger partial charge in [0.25, 0.3) is 5.91 Å². The third kappa shape index (κ3) is 1.00. The predicted octanol–water partition coefficient (Wildman–Crippen LogP) is 0.0166. The highest BCUT2D eigenvalue weighted by Gasteiger charge is 2.14. The summed E-state index contributed by atoms with van der Waals surface area (Å²) in [6, 6.07) is 0. The summed E-state index contributed by atoms with van der Waals surface area (Å²) < 4.78 is 1.88. The third-order valence-corrected chi connectivity index (χ3v) is 1.78. The standard InChI is InChI=1S/C7H9N3O/c11-7-6-8-3-5-10(6)4-1-2-9-7/h3,5H,1-2,4H2,(H,9,11). The Bertz CT molecular complexity index is 279. The first-order chi connectivity index (χ1) is 5.38. The molecule has 1 aromatic rings. The molecule has 0 fully saturated rings. The van der Waals surface area contributed by atoms with Crippen molar-refractivity contribution >= 4 is 5.91 Å². The van der Waals surface area contributed by atoms with Crippen molar-refractivity contribution < 1.29 is 4.79 Å². The quantitative estimate of drug-likeness (QED) is 0.568. The zero-order chi connectivity index (χ0) is 7.68. The lowest BCUT2D eigenvalue weighted by Crippen LogP contribution is -2.23. The van der Waals surface area contributed by atoms with Gasteiger partial charge in [0.15, 0.2) is 5.82 Å². The van der Waals surface area contributed by atoms with E-state index in [1.54, 1.807) is 6.20 Å². The first kappa shape index (κ1) is 6.39. The van der Waals surface area contributed by atoms with Crippen molar-refractivity contribution in [2.75, 3.05) is 6.54 Å². The number of carbonyl (C=O) groups excluding carboxylic acids is 1. The molecule has 0 unspecified atom stereocenters. The van der Waals surface area contributed by atoms with Gasteiger partial charge >= 0.3 is 0 Å². The molecule has 4 nitrogen and oxygen atoms in total. The minimum absolute atomic E-state index is 0.0625. The van der Waals surface area contributed by atoms with Gasteiger partial charge in [0, 0.05) is 25.5 Å². The summed E-state index contributed by atoms with van der Waals surface area (Å²) in [5.41, 5.74) is 0. The molecule has 0 aliphatic carbocycles. The van der Waals surface area contributed by atoms with Crippen LogP contribution in [0.3, 0.4) is 0 Å². The largest absolute Gasteiger partial charge is 0.349 e. The van der Waals surface area contributed by atoms with E-state index in [1.807, 2.05) is 10.8 Å². The Morgan fingerprint density at radius 1 is 1.64 bits per heavy atom. The summed E-state index contributed by atoms with van der Waals surface area (Å²) in [6.45, 7) is 1.64. The van der Waals surface area contributed by atoms with Gasteiger partial charge in [-0.05, 0) is 6.42 Å². The maximum atomic E-state index is 11.2. The fraction of sp³-hybridized carbons (Fsp3) is 0.429. The lowest BCUT2D eigenvalue weighted by molar-refractivity contribution is 0.0946. The van der Waals surface area contributed by atoms with Crippen LogP contribution < -0.4 is 5.32 Å². The van der Waals surface area contributed by atoms with E-state index in [1.165, 1.54) is 0 Å². The lowest BCUT2D eigenvalue weighted by Gasteiger charge is -1.97. The van der Waals surface area contributed by atoms with Crippen molar-refractivity contribution in [3.63, 3.8) is 0 Å². The van der Waals surface area contributed by atoms with E-state index in [-0.39, 0.29) is 5.91 Å². The second-order valence-corrected chi connectivity index (χ2v) is 2.55. The summed E-state index contributed by atoms with van der Waals surface area (Å²) >= 11 is 0. The smallest absolute Gasteiger partial charge is 0.287 e. The van der Waals surface area contributed by atoms with Gasteiger partial charge in [-0.2, -0.15) is 0 Å². The van der Waals surface area contributed by atoms with Gasteiger partial charge in [0.05, 0.1) is 0 Å². The number of hydrogen-bond acceptors (Lipinski definition) is 2. The lowest BCUT2D eigenvalue weighted by atomic mass is 10.4. The van der Waals surface area contributed by atoms with Crippen molar-refractivity contribution in [1.29, 1.82) is 0 Å². The average Bonchev–Trinajstić information content (AvgIpc) is 2.40. The Labute approximate surface area is 64.2 Å². The van der Waals surface area contributed by atoms with E-state index in [4.69, 9.17) is 0 Å². The highest BCUT2D eigenvalue weighted by molar-refractivity contribution is 5.90. The SMILES string of the molecule is O=C1NCCCn2ccnc21. The summed E-state index contributed by atoms with van der Waals surface area (Å²) in [7, 11) is 0. The Morgan fingerprint density at radius 3 is 3.45 bits per heavy atom. The van der Waals surface area contributed by atoms with Gasteiger partial charge in [-0.1, -0.05) is 0 Å². The molecule has 0 atom stereocenters. The summed E-state index contributed by atoms with van der Waals surface area (Å²) in [5, 5.41) is 2.76. The topological polar surface area (TPSA) is 46.9 Å². The minimum Gasteiger partial charge on any atom is -0.349 e. The van der Waals surface area contributed by atoms with E-state index < -0.39 is 0 Å². The normalized spacial score (nSPS) is 16.9. The van der Waals surface area contributed by atoms with Crippen LogP contribution in [0.1, 0.15) is 17.0 Å². The molecule has 1 aliphatic heterocycles.